The van der Waals surface area contributed by atoms with Crippen molar-refractivity contribution in [3.05, 3.63) is 5.92 Å². The second-order valence-corrected chi connectivity index (χ2v) is 2.81. The van der Waals surface area contributed by atoms with Crippen molar-refractivity contribution in [1.82, 2.24) is 0 Å². The molecule has 0 spiro atoms. The minimum atomic E-state index is 1.12. The largest absolute Gasteiger partial charge is 0.0530 e. The molecule has 0 bridgehead atoms. The van der Waals surface area contributed by atoms with Crippen LogP contribution in [-0.2, 0) is 0 Å². The van der Waals surface area contributed by atoms with Gasteiger partial charge in [0.25, 0.3) is 0 Å². The van der Waals surface area contributed by atoms with Crippen LogP contribution in [0.1, 0.15) is 32.1 Å². The molecule has 0 heteroatoms. The van der Waals surface area contributed by atoms with Crippen LogP contribution in [0.2, 0.25) is 0 Å². The van der Waals surface area contributed by atoms with Gasteiger partial charge >= 0.3 is 0 Å². The van der Waals surface area contributed by atoms with Gasteiger partial charge in [-0.2, -0.15) is 0 Å². The molecule has 39 valence electrons. The van der Waals surface area contributed by atoms with Gasteiger partial charge in [0.1, 0.15) is 0 Å². The molecule has 2 aliphatic carbocycles. The van der Waals surface area contributed by atoms with E-state index in [1.54, 1.807) is 0 Å². The number of fused-ring (bicyclic) bond motifs is 1. The van der Waals surface area contributed by atoms with E-state index in [1.807, 2.05) is 5.92 Å². The molecule has 0 saturated heterocycles. The van der Waals surface area contributed by atoms with E-state index in [4.69, 9.17) is 0 Å². The third-order valence-corrected chi connectivity index (χ3v) is 2.23. The van der Waals surface area contributed by atoms with Crippen molar-refractivity contribution in [2.75, 3.05) is 0 Å². The predicted octanol–water partition coefficient (Wildman–Crippen LogP) is 2.15. The van der Waals surface area contributed by atoms with Crippen molar-refractivity contribution in [3.8, 4) is 0 Å². The molecule has 2 fully saturated rings. The lowest BCUT2D eigenvalue weighted by Gasteiger charge is -2.04. The molecule has 0 aliphatic heterocycles. The van der Waals surface area contributed by atoms with Gasteiger partial charge in [0.15, 0.2) is 0 Å². The maximum absolute atomic E-state index is 1.88. The summed E-state index contributed by atoms with van der Waals surface area (Å²) in [6, 6.07) is 0. The minimum Gasteiger partial charge on any atom is -0.0530 e. The summed E-state index contributed by atoms with van der Waals surface area (Å²) in [5.41, 5.74) is 0. The van der Waals surface area contributed by atoms with Crippen LogP contribution in [-0.4, -0.2) is 0 Å². The molecule has 0 N–H and O–H groups in total. The Kier molecular flexibility index (Phi) is 0.697. The van der Waals surface area contributed by atoms with Crippen LogP contribution < -0.4 is 0 Å². The normalized spacial score (nSPS) is 40.3. The van der Waals surface area contributed by atoms with E-state index in [-0.39, 0.29) is 0 Å². The summed E-state index contributed by atoms with van der Waals surface area (Å²) < 4.78 is 0. The first-order chi connectivity index (χ1) is 3.47. The van der Waals surface area contributed by atoms with E-state index in [0.717, 1.165) is 5.92 Å². The Morgan fingerprint density at radius 1 is 1.29 bits per heavy atom. The molecule has 1 atom stereocenters. The van der Waals surface area contributed by atoms with E-state index in [9.17, 15) is 0 Å². The smallest absolute Gasteiger partial charge is 0.0207 e. The highest BCUT2D eigenvalue weighted by Crippen LogP contribution is 2.51. The molecule has 7 heavy (non-hydrogen) atoms. The van der Waals surface area contributed by atoms with Crippen molar-refractivity contribution in [2.24, 2.45) is 5.92 Å². The van der Waals surface area contributed by atoms with Gasteiger partial charge in [0.2, 0.25) is 0 Å². The molecule has 2 saturated carbocycles. The van der Waals surface area contributed by atoms with Crippen LogP contribution in [0.25, 0.3) is 0 Å². The lowest BCUT2D eigenvalue weighted by atomic mass is 10.0. The maximum Gasteiger partial charge on any atom is -0.0207 e. The molecular weight excluding hydrogens is 84.1 g/mol. The maximum atomic E-state index is 1.88. The quantitative estimate of drug-likeness (QED) is 0.432. The van der Waals surface area contributed by atoms with Crippen LogP contribution in [0.4, 0.5) is 0 Å². The summed E-state index contributed by atoms with van der Waals surface area (Å²) in [6.07, 6.45) is 7.50. The monoisotopic (exact) mass is 95.1 g/mol. The van der Waals surface area contributed by atoms with Crippen molar-refractivity contribution in [3.63, 3.8) is 0 Å². The van der Waals surface area contributed by atoms with E-state index in [1.165, 1.54) is 32.1 Å². The predicted molar refractivity (Wildman–Crippen MR) is 29.8 cm³/mol. The van der Waals surface area contributed by atoms with Crippen LogP contribution >= 0.6 is 0 Å². The van der Waals surface area contributed by atoms with Gasteiger partial charge < -0.3 is 0 Å². The third kappa shape index (κ3) is 0.568. The second-order valence-electron chi connectivity index (χ2n) is 2.81. The molecule has 0 amide bonds. The number of rotatable bonds is 0. The average Bonchev–Trinajstić information content (AvgIpc) is 2.41. The number of hydrogen-bond acceptors (Lipinski definition) is 0. The zero-order valence-electron chi connectivity index (χ0n) is 4.61. The van der Waals surface area contributed by atoms with Crippen molar-refractivity contribution < 1.29 is 0 Å². The Balaban J connectivity index is 1.95. The fourth-order valence-corrected chi connectivity index (χ4v) is 1.61. The topological polar surface area (TPSA) is 0 Å². The first-order valence-corrected chi connectivity index (χ1v) is 3.31. The van der Waals surface area contributed by atoms with Gasteiger partial charge in [-0.3, -0.25) is 0 Å². The first kappa shape index (κ1) is 3.94. The SMILES string of the molecule is C1CCC2C[C]2C1. The van der Waals surface area contributed by atoms with Gasteiger partial charge in [-0.1, -0.05) is 12.8 Å². The molecule has 1 unspecified atom stereocenters. The second kappa shape index (κ2) is 1.24. The van der Waals surface area contributed by atoms with Gasteiger partial charge in [-0.25, -0.2) is 0 Å². The zero-order chi connectivity index (χ0) is 4.69. The molecule has 0 nitrogen and oxygen atoms in total. The standard InChI is InChI=1S/C7H11/c1-2-4-7-5-6(7)3-1/h6H,1-5H2. The number of hydrogen-bond donors (Lipinski definition) is 0. The Labute approximate surface area is 44.9 Å². The molecule has 1 radical (unpaired) electrons. The molecule has 0 aromatic carbocycles. The summed E-state index contributed by atoms with van der Waals surface area (Å²) in [5.74, 6) is 3.00. The van der Waals surface area contributed by atoms with Crippen LogP contribution in [0.15, 0.2) is 0 Å². The van der Waals surface area contributed by atoms with E-state index in [2.05, 4.69) is 0 Å². The highest BCUT2D eigenvalue weighted by atomic mass is 14.4. The fraction of sp³-hybridized carbons (Fsp3) is 0.857. The lowest BCUT2D eigenvalue weighted by Crippen LogP contribution is -1.89. The van der Waals surface area contributed by atoms with Gasteiger partial charge in [0.05, 0.1) is 0 Å². The Hall–Kier alpha value is 0. The third-order valence-electron chi connectivity index (χ3n) is 2.23. The van der Waals surface area contributed by atoms with Crippen LogP contribution in [0.3, 0.4) is 0 Å². The van der Waals surface area contributed by atoms with Gasteiger partial charge in [-0.15, -0.1) is 0 Å². The van der Waals surface area contributed by atoms with E-state index >= 15 is 0 Å². The summed E-state index contributed by atoms with van der Waals surface area (Å²) >= 11 is 0. The molecule has 0 aromatic heterocycles. The van der Waals surface area contributed by atoms with Crippen molar-refractivity contribution in [1.29, 1.82) is 0 Å². The highest BCUT2D eigenvalue weighted by Gasteiger charge is 2.38. The first-order valence-electron chi connectivity index (χ1n) is 3.31. The molecule has 2 rings (SSSR count). The summed E-state index contributed by atoms with van der Waals surface area (Å²) in [4.78, 5) is 0. The molecule has 2 aliphatic rings. The fourth-order valence-electron chi connectivity index (χ4n) is 1.61. The molecule has 0 aromatic rings. The van der Waals surface area contributed by atoms with E-state index in [0.29, 0.717) is 0 Å². The highest BCUT2D eigenvalue weighted by molar-refractivity contribution is 5.15. The average molecular weight is 95.2 g/mol. The molecule has 0 heterocycles. The Morgan fingerprint density at radius 2 is 2.29 bits per heavy atom. The van der Waals surface area contributed by atoms with Crippen molar-refractivity contribution >= 4 is 0 Å². The van der Waals surface area contributed by atoms with Crippen molar-refractivity contribution in [2.45, 2.75) is 32.1 Å². The van der Waals surface area contributed by atoms with E-state index < -0.39 is 0 Å². The summed E-state index contributed by atoms with van der Waals surface area (Å²) in [7, 11) is 0. The van der Waals surface area contributed by atoms with Crippen LogP contribution in [0.5, 0.6) is 0 Å². The van der Waals surface area contributed by atoms with Crippen LogP contribution in [0, 0.1) is 11.8 Å². The summed E-state index contributed by atoms with van der Waals surface area (Å²) in [5, 5.41) is 0. The van der Waals surface area contributed by atoms with Gasteiger partial charge in [-0.05, 0) is 31.1 Å². The lowest BCUT2D eigenvalue weighted by molar-refractivity contribution is 0.572. The minimum absolute atomic E-state index is 1.12. The summed E-state index contributed by atoms with van der Waals surface area (Å²) in [6.45, 7) is 0. The Morgan fingerprint density at radius 3 is 2.86 bits per heavy atom. The Bertz CT molecular complexity index is 66.1. The zero-order valence-corrected chi connectivity index (χ0v) is 4.61. The van der Waals surface area contributed by atoms with Gasteiger partial charge in [0, 0.05) is 0 Å². The molecular formula is C7H11.